The molecule has 1 saturated carbocycles. The van der Waals surface area contributed by atoms with Gasteiger partial charge in [0, 0.05) is 17.8 Å². The lowest BCUT2D eigenvalue weighted by molar-refractivity contribution is -0.133. The number of hydrogen-bond donors (Lipinski definition) is 2. The largest absolute Gasteiger partial charge is 0.341 e. The van der Waals surface area contributed by atoms with Crippen LogP contribution in [0.25, 0.3) is 0 Å². The van der Waals surface area contributed by atoms with Crippen molar-refractivity contribution in [1.29, 1.82) is 0 Å². The molecule has 5 rings (SSSR count). The number of hydrogen-bond acceptors (Lipinski definition) is 5. The van der Waals surface area contributed by atoms with E-state index in [-0.39, 0.29) is 17.8 Å². The maximum absolute atomic E-state index is 13.7. The van der Waals surface area contributed by atoms with Crippen LogP contribution in [0.15, 0.2) is 76.8 Å². The van der Waals surface area contributed by atoms with Gasteiger partial charge in [-0.15, -0.1) is 0 Å². The van der Waals surface area contributed by atoms with Gasteiger partial charge in [0.15, 0.2) is 11.9 Å². The first-order valence-corrected chi connectivity index (χ1v) is 12.9. The molecule has 1 unspecified atom stereocenters. The van der Waals surface area contributed by atoms with E-state index in [1.54, 1.807) is 25.2 Å². The Labute approximate surface area is 224 Å². The number of carbonyl (C=O) groups is 3. The zero-order valence-electron chi connectivity index (χ0n) is 21.4. The summed E-state index contributed by atoms with van der Waals surface area (Å²) >= 11 is 0. The highest BCUT2D eigenvalue weighted by atomic mass is 19.1. The fraction of sp³-hybridized carbons (Fsp3) is 0.300. The molecule has 0 saturated heterocycles. The second-order valence-electron chi connectivity index (χ2n) is 10.3. The van der Waals surface area contributed by atoms with E-state index in [1.165, 1.54) is 12.3 Å². The average molecular weight is 531 g/mol. The number of nitrogens with one attached hydrogen (secondary N) is 2. The minimum Gasteiger partial charge on any atom is -0.341 e. The van der Waals surface area contributed by atoms with E-state index in [0.29, 0.717) is 29.8 Å². The molecule has 2 atom stereocenters. The molecule has 0 aromatic heterocycles. The summed E-state index contributed by atoms with van der Waals surface area (Å²) in [5.41, 5.74) is -0.290. The lowest BCUT2D eigenvalue weighted by Gasteiger charge is -2.31. The standard InChI is InChI=1S/C30H28F2N4O3/c1-29(11-5-4-10-24(29)37)27-22-8-2-3-9-23(22)33-18-25(34-27)35-28(39)30(12-6-7-13-30)36-26(38)16-19-14-20(31)17-21(32)15-19/h2-5,8-11,14-15,17-18,25H,6-7,12-13,16H2,1H3,(H,35,39)(H,36,38)/t25-,29?/m1/s1. The van der Waals surface area contributed by atoms with Crippen LogP contribution in [0.3, 0.4) is 0 Å². The number of halogens is 2. The fourth-order valence-corrected chi connectivity index (χ4v) is 5.37. The number of benzene rings is 2. The number of ketones is 1. The summed E-state index contributed by atoms with van der Waals surface area (Å²) < 4.78 is 27.2. The number of fused-ring (bicyclic) bond motifs is 1. The van der Waals surface area contributed by atoms with Gasteiger partial charge in [0.1, 0.15) is 17.2 Å². The van der Waals surface area contributed by atoms with Crippen molar-refractivity contribution < 1.29 is 23.2 Å². The Morgan fingerprint density at radius 2 is 1.77 bits per heavy atom. The zero-order chi connectivity index (χ0) is 27.6. The Balaban J connectivity index is 1.40. The number of carbonyl (C=O) groups excluding carboxylic acids is 3. The lowest BCUT2D eigenvalue weighted by atomic mass is 9.75. The normalized spacial score (nSPS) is 23.1. The van der Waals surface area contributed by atoms with Gasteiger partial charge in [-0.1, -0.05) is 49.3 Å². The second kappa shape index (κ2) is 10.5. The van der Waals surface area contributed by atoms with Crippen molar-refractivity contribution >= 4 is 35.2 Å². The molecule has 2 N–H and O–H groups in total. The Bertz CT molecular complexity index is 1440. The van der Waals surface area contributed by atoms with Gasteiger partial charge in [0.2, 0.25) is 11.8 Å². The summed E-state index contributed by atoms with van der Waals surface area (Å²) in [4.78, 5) is 48.9. The summed E-state index contributed by atoms with van der Waals surface area (Å²) in [5.74, 6) is -2.63. The number of amides is 2. The fourth-order valence-electron chi connectivity index (χ4n) is 5.37. The first kappa shape index (κ1) is 26.3. The highest BCUT2D eigenvalue weighted by Crippen LogP contribution is 2.35. The van der Waals surface area contributed by atoms with Crippen LogP contribution in [-0.4, -0.2) is 41.2 Å². The van der Waals surface area contributed by atoms with Crippen molar-refractivity contribution in [2.75, 3.05) is 0 Å². The van der Waals surface area contributed by atoms with Crippen LogP contribution in [0.2, 0.25) is 0 Å². The minimum absolute atomic E-state index is 0.140. The molecule has 1 aliphatic heterocycles. The molecule has 3 aliphatic rings. The predicted molar refractivity (Wildman–Crippen MR) is 144 cm³/mol. The quantitative estimate of drug-likeness (QED) is 0.583. The third-order valence-electron chi connectivity index (χ3n) is 7.41. The molecule has 0 radical (unpaired) electrons. The molecule has 200 valence electrons. The van der Waals surface area contributed by atoms with Crippen LogP contribution < -0.4 is 10.6 Å². The molecular formula is C30H28F2N4O3. The van der Waals surface area contributed by atoms with Crippen molar-refractivity contribution in [1.82, 2.24) is 10.6 Å². The maximum atomic E-state index is 13.7. The third kappa shape index (κ3) is 5.34. The molecule has 0 spiro atoms. The van der Waals surface area contributed by atoms with Crippen LogP contribution in [0.4, 0.5) is 14.5 Å². The lowest BCUT2D eigenvalue weighted by Crippen LogP contribution is -2.59. The molecule has 39 heavy (non-hydrogen) atoms. The van der Waals surface area contributed by atoms with Gasteiger partial charge in [0.05, 0.1) is 23.2 Å². The second-order valence-corrected chi connectivity index (χ2v) is 10.3. The number of rotatable bonds is 6. The van der Waals surface area contributed by atoms with Crippen LogP contribution in [-0.2, 0) is 20.8 Å². The Hall–Kier alpha value is -4.27. The van der Waals surface area contributed by atoms with E-state index >= 15 is 0 Å². The maximum Gasteiger partial charge on any atom is 0.247 e. The summed E-state index contributed by atoms with van der Waals surface area (Å²) in [5, 5.41) is 5.73. The third-order valence-corrected chi connectivity index (χ3v) is 7.41. The summed E-state index contributed by atoms with van der Waals surface area (Å²) in [7, 11) is 0. The molecule has 9 heteroatoms. The van der Waals surface area contributed by atoms with E-state index in [2.05, 4.69) is 15.6 Å². The van der Waals surface area contributed by atoms with Crippen molar-refractivity contribution in [3.8, 4) is 0 Å². The highest BCUT2D eigenvalue weighted by molar-refractivity contribution is 6.24. The topological polar surface area (TPSA) is 100.0 Å². The Morgan fingerprint density at radius 3 is 2.49 bits per heavy atom. The first-order chi connectivity index (χ1) is 18.7. The van der Waals surface area contributed by atoms with E-state index in [9.17, 15) is 23.2 Å². The zero-order valence-corrected chi connectivity index (χ0v) is 21.4. The molecule has 2 aliphatic carbocycles. The summed E-state index contributed by atoms with van der Waals surface area (Å²) in [6.07, 6.45) is 9.37. The van der Waals surface area contributed by atoms with E-state index in [1.807, 2.05) is 24.3 Å². The molecule has 0 bridgehead atoms. The smallest absolute Gasteiger partial charge is 0.247 e. The molecule has 2 aromatic rings. The Morgan fingerprint density at radius 1 is 1.05 bits per heavy atom. The summed E-state index contributed by atoms with van der Waals surface area (Å²) in [6, 6.07) is 10.3. The van der Waals surface area contributed by atoms with Gasteiger partial charge in [-0.3, -0.25) is 24.4 Å². The molecule has 2 amide bonds. The number of para-hydroxylation sites is 1. The van der Waals surface area contributed by atoms with Gasteiger partial charge >= 0.3 is 0 Å². The van der Waals surface area contributed by atoms with E-state index in [4.69, 9.17) is 4.99 Å². The van der Waals surface area contributed by atoms with E-state index < -0.39 is 40.6 Å². The van der Waals surface area contributed by atoms with Crippen LogP contribution >= 0.6 is 0 Å². The van der Waals surface area contributed by atoms with Gasteiger partial charge in [-0.25, -0.2) is 8.78 Å². The summed E-state index contributed by atoms with van der Waals surface area (Å²) in [6.45, 7) is 1.78. The SMILES string of the molecule is CC1(C2=N[C@H](NC(=O)C3(NC(=O)Cc4cc(F)cc(F)c4)CCCC3)C=Nc3ccccc32)C=CC=CC1=O. The monoisotopic (exact) mass is 530 g/mol. The molecule has 2 aromatic carbocycles. The van der Waals surface area contributed by atoms with Crippen LogP contribution in [0, 0.1) is 17.0 Å². The predicted octanol–water partition coefficient (Wildman–Crippen LogP) is 4.29. The number of aliphatic imine (C=N–C) groups is 2. The van der Waals surface area contributed by atoms with Crippen LogP contribution in [0.1, 0.15) is 43.7 Å². The van der Waals surface area contributed by atoms with Gasteiger partial charge in [-0.05, 0) is 49.6 Å². The van der Waals surface area contributed by atoms with Crippen molar-refractivity contribution in [3.05, 3.63) is 89.5 Å². The van der Waals surface area contributed by atoms with Crippen molar-refractivity contribution in [2.24, 2.45) is 15.4 Å². The first-order valence-electron chi connectivity index (χ1n) is 12.9. The van der Waals surface area contributed by atoms with Crippen LogP contribution in [0.5, 0.6) is 0 Å². The average Bonchev–Trinajstić information content (AvgIpc) is 3.28. The van der Waals surface area contributed by atoms with Gasteiger partial charge in [0.25, 0.3) is 0 Å². The molecule has 7 nitrogen and oxygen atoms in total. The number of allylic oxidation sites excluding steroid dienone is 4. The molecule has 1 fully saturated rings. The molecular weight excluding hydrogens is 502 g/mol. The number of nitrogens with zero attached hydrogens (tertiary/aromatic N) is 2. The van der Waals surface area contributed by atoms with Gasteiger partial charge < -0.3 is 10.6 Å². The minimum atomic E-state index is -1.20. The highest BCUT2D eigenvalue weighted by Gasteiger charge is 2.44. The van der Waals surface area contributed by atoms with Crippen molar-refractivity contribution in [2.45, 2.75) is 50.7 Å². The van der Waals surface area contributed by atoms with E-state index in [0.717, 1.165) is 31.0 Å². The Kier molecular flexibility index (Phi) is 7.08. The van der Waals surface area contributed by atoms with Crippen molar-refractivity contribution in [3.63, 3.8) is 0 Å². The molecule has 1 heterocycles. The van der Waals surface area contributed by atoms with Gasteiger partial charge in [-0.2, -0.15) is 0 Å².